The van der Waals surface area contributed by atoms with Gasteiger partial charge in [0.2, 0.25) is 0 Å². The van der Waals surface area contributed by atoms with Crippen molar-refractivity contribution in [1.82, 2.24) is 0 Å². The molecular weight excluding hydrogens is 372 g/mol. The number of hydrogen-bond acceptors (Lipinski definition) is 4. The molecule has 1 aliphatic heterocycles. The average Bonchev–Trinajstić information content (AvgIpc) is 3.07. The first kappa shape index (κ1) is 17.1. The number of azide groups is 1. The molecule has 2 aliphatic rings. The lowest BCUT2D eigenvalue weighted by Crippen LogP contribution is -2.40. The fourth-order valence-corrected chi connectivity index (χ4v) is 4.82. The van der Waals surface area contributed by atoms with Gasteiger partial charge in [-0.1, -0.05) is 19.0 Å². The van der Waals surface area contributed by atoms with E-state index in [0.29, 0.717) is 11.5 Å². The predicted molar refractivity (Wildman–Crippen MR) is 96.4 cm³/mol. The van der Waals surface area contributed by atoms with E-state index in [0.717, 1.165) is 35.1 Å². The minimum absolute atomic E-state index is 0.0281. The van der Waals surface area contributed by atoms with E-state index in [1.54, 1.807) is 0 Å². The minimum Gasteiger partial charge on any atom is -0.465 e. The molecule has 1 aromatic carbocycles. The van der Waals surface area contributed by atoms with Crippen molar-refractivity contribution in [3.8, 4) is 0 Å². The van der Waals surface area contributed by atoms with Crippen molar-refractivity contribution in [2.24, 2.45) is 11.0 Å². The molecular formula is C17H21BrN4O2. The highest BCUT2D eigenvalue weighted by Crippen LogP contribution is 2.53. The van der Waals surface area contributed by atoms with Crippen LogP contribution in [-0.4, -0.2) is 31.7 Å². The Labute approximate surface area is 149 Å². The summed E-state index contributed by atoms with van der Waals surface area (Å²) in [6, 6.07) is 3.91. The second-order valence-electron chi connectivity index (χ2n) is 6.88. The molecule has 0 N–H and O–H groups in total. The molecule has 6 nitrogen and oxygen atoms in total. The summed E-state index contributed by atoms with van der Waals surface area (Å²) in [6.45, 7) is 5.25. The maximum atomic E-state index is 12.0. The molecule has 1 saturated carbocycles. The number of hydrogen-bond donors (Lipinski definition) is 0. The van der Waals surface area contributed by atoms with Crippen molar-refractivity contribution in [2.75, 3.05) is 18.6 Å². The zero-order chi connectivity index (χ0) is 17.4. The molecule has 0 aromatic heterocycles. The summed E-state index contributed by atoms with van der Waals surface area (Å²) in [7, 11) is 1.39. The van der Waals surface area contributed by atoms with Crippen molar-refractivity contribution >= 4 is 27.6 Å². The van der Waals surface area contributed by atoms with Crippen LogP contribution in [0.4, 0.5) is 5.69 Å². The first-order valence-corrected chi connectivity index (χ1v) is 8.99. The molecule has 0 spiro atoms. The standard InChI is InChI=1S/C17H21BrN4O2/c1-9(2)8-22-15-12(6-10(7-13(15)18)17(23)24-3)11-4-5-14(16(11)22)20-21-19/h6-7,9,11,14,16H,4-5,8H2,1-3H3/t11-,14+,16+/m0/s1. The Morgan fingerprint density at radius 2 is 2.25 bits per heavy atom. The van der Waals surface area contributed by atoms with Crippen LogP contribution in [0.5, 0.6) is 0 Å². The van der Waals surface area contributed by atoms with Gasteiger partial charge in [0.05, 0.1) is 24.4 Å². The summed E-state index contributed by atoms with van der Waals surface area (Å²) in [5.74, 6) is 0.438. The summed E-state index contributed by atoms with van der Waals surface area (Å²) in [5, 5.41) is 4.04. The summed E-state index contributed by atoms with van der Waals surface area (Å²) in [4.78, 5) is 17.4. The number of rotatable bonds is 4. The summed E-state index contributed by atoms with van der Waals surface area (Å²) in [5.41, 5.74) is 11.7. The van der Waals surface area contributed by atoms with E-state index in [9.17, 15) is 4.79 Å². The van der Waals surface area contributed by atoms with Crippen LogP contribution in [0.3, 0.4) is 0 Å². The number of carbonyl (C=O) groups is 1. The number of methoxy groups -OCH3 is 1. The van der Waals surface area contributed by atoms with Gasteiger partial charge in [-0.15, -0.1) is 0 Å². The zero-order valence-corrected chi connectivity index (χ0v) is 15.7. The third-order valence-electron chi connectivity index (χ3n) is 4.90. The number of fused-ring (bicyclic) bond motifs is 3. The van der Waals surface area contributed by atoms with Crippen LogP contribution < -0.4 is 4.90 Å². The van der Waals surface area contributed by atoms with Gasteiger partial charge in [0.15, 0.2) is 0 Å². The number of nitrogens with zero attached hydrogens (tertiary/aromatic N) is 4. The second-order valence-corrected chi connectivity index (χ2v) is 7.73. The molecule has 0 bridgehead atoms. The van der Waals surface area contributed by atoms with Crippen LogP contribution in [-0.2, 0) is 4.74 Å². The Balaban J connectivity index is 2.10. The largest absolute Gasteiger partial charge is 0.465 e. The maximum Gasteiger partial charge on any atom is 0.337 e. The molecule has 0 unspecified atom stereocenters. The number of anilines is 1. The Morgan fingerprint density at radius 3 is 2.88 bits per heavy atom. The van der Waals surface area contributed by atoms with E-state index in [1.807, 2.05) is 12.1 Å². The lowest BCUT2D eigenvalue weighted by molar-refractivity contribution is 0.0600. The first-order chi connectivity index (χ1) is 11.5. The van der Waals surface area contributed by atoms with E-state index in [2.05, 4.69) is 44.7 Å². The fourth-order valence-electron chi connectivity index (χ4n) is 4.11. The van der Waals surface area contributed by atoms with E-state index in [4.69, 9.17) is 10.3 Å². The van der Waals surface area contributed by atoms with E-state index < -0.39 is 0 Å². The van der Waals surface area contributed by atoms with Gasteiger partial charge in [0.1, 0.15) is 0 Å². The summed E-state index contributed by atoms with van der Waals surface area (Å²) in [6.07, 6.45) is 1.85. The SMILES string of the molecule is COC(=O)c1cc(Br)c2c(c1)[C@@H]1CC[C@@H](N=[N+]=[N-])[C@@H]1N2CC(C)C. The van der Waals surface area contributed by atoms with Gasteiger partial charge in [-0.25, -0.2) is 4.79 Å². The highest BCUT2D eigenvalue weighted by atomic mass is 79.9. The van der Waals surface area contributed by atoms with Gasteiger partial charge in [-0.2, -0.15) is 0 Å². The quantitative estimate of drug-likeness (QED) is 0.324. The van der Waals surface area contributed by atoms with Gasteiger partial charge < -0.3 is 9.64 Å². The molecule has 0 radical (unpaired) electrons. The summed E-state index contributed by atoms with van der Waals surface area (Å²) >= 11 is 3.64. The smallest absolute Gasteiger partial charge is 0.337 e. The van der Waals surface area contributed by atoms with E-state index in [-0.39, 0.29) is 24.0 Å². The monoisotopic (exact) mass is 392 g/mol. The second kappa shape index (κ2) is 6.65. The number of halogens is 1. The van der Waals surface area contributed by atoms with Crippen molar-refractivity contribution in [3.63, 3.8) is 0 Å². The number of benzene rings is 1. The van der Waals surface area contributed by atoms with Crippen LogP contribution in [0.15, 0.2) is 21.7 Å². The molecule has 0 saturated heterocycles. The minimum atomic E-state index is -0.332. The van der Waals surface area contributed by atoms with Gasteiger partial charge in [0, 0.05) is 27.9 Å². The van der Waals surface area contributed by atoms with Crippen molar-refractivity contribution in [2.45, 2.75) is 44.7 Å². The highest BCUT2D eigenvalue weighted by molar-refractivity contribution is 9.10. The fraction of sp³-hybridized carbons (Fsp3) is 0.588. The van der Waals surface area contributed by atoms with E-state index >= 15 is 0 Å². The predicted octanol–water partition coefficient (Wildman–Crippen LogP) is 4.64. The van der Waals surface area contributed by atoms with Gasteiger partial charge in [0.25, 0.3) is 0 Å². The van der Waals surface area contributed by atoms with Gasteiger partial charge in [-0.3, -0.25) is 0 Å². The Hall–Kier alpha value is -1.72. The molecule has 3 atom stereocenters. The van der Waals surface area contributed by atoms with Crippen LogP contribution in [0.25, 0.3) is 10.4 Å². The number of carbonyl (C=O) groups excluding carboxylic acids is 1. The molecule has 1 fully saturated rings. The molecule has 0 amide bonds. The molecule has 24 heavy (non-hydrogen) atoms. The number of esters is 1. The molecule has 7 heteroatoms. The van der Waals surface area contributed by atoms with E-state index in [1.165, 1.54) is 7.11 Å². The Bertz CT molecular complexity index is 715. The lowest BCUT2D eigenvalue weighted by atomic mass is 9.95. The van der Waals surface area contributed by atoms with Crippen molar-refractivity contribution in [1.29, 1.82) is 0 Å². The third kappa shape index (κ3) is 2.76. The van der Waals surface area contributed by atoms with Crippen molar-refractivity contribution in [3.05, 3.63) is 38.2 Å². The average molecular weight is 393 g/mol. The first-order valence-electron chi connectivity index (χ1n) is 8.20. The van der Waals surface area contributed by atoms with Gasteiger partial charge in [-0.05, 0) is 57.9 Å². The number of ether oxygens (including phenoxy) is 1. The molecule has 128 valence electrons. The third-order valence-corrected chi connectivity index (χ3v) is 5.51. The topological polar surface area (TPSA) is 78.3 Å². The lowest BCUT2D eigenvalue weighted by Gasteiger charge is -2.32. The summed E-state index contributed by atoms with van der Waals surface area (Å²) < 4.78 is 5.77. The van der Waals surface area contributed by atoms with Crippen LogP contribution in [0.2, 0.25) is 0 Å². The van der Waals surface area contributed by atoms with Crippen LogP contribution in [0, 0.1) is 5.92 Å². The highest BCUT2D eigenvalue weighted by Gasteiger charge is 2.47. The normalized spacial score (nSPS) is 24.5. The zero-order valence-electron chi connectivity index (χ0n) is 14.1. The Morgan fingerprint density at radius 1 is 1.50 bits per heavy atom. The molecule has 1 heterocycles. The molecule has 1 aromatic rings. The van der Waals surface area contributed by atoms with Crippen molar-refractivity contribution < 1.29 is 9.53 Å². The van der Waals surface area contributed by atoms with Crippen LogP contribution >= 0.6 is 15.9 Å². The van der Waals surface area contributed by atoms with Crippen LogP contribution in [0.1, 0.15) is 48.5 Å². The molecule has 1 aliphatic carbocycles. The molecule has 3 rings (SSSR count). The Kier molecular flexibility index (Phi) is 4.74. The van der Waals surface area contributed by atoms with Gasteiger partial charge >= 0.3 is 5.97 Å². The maximum absolute atomic E-state index is 12.0.